The number of hydrogen-bond donors (Lipinski definition) is 0. The standard InChI is InChI=1S/C25H35FN4O2/c1-3-21-15-24(28(2)27-21)25(31)30(18-22-8-6-14-32-22)16-19-10-12-29(13-11-19)17-20-7-4-5-9-23(20)26/h4-5,7,9,15,19,22H,3,6,8,10-14,16-18H2,1-2H3/t22-/m1/s1. The summed E-state index contributed by atoms with van der Waals surface area (Å²) in [6.45, 7) is 6.70. The first kappa shape index (κ1) is 22.9. The van der Waals surface area contributed by atoms with Crippen LogP contribution in [-0.2, 0) is 24.8 Å². The number of amides is 1. The minimum atomic E-state index is -0.134. The molecule has 4 rings (SSSR count). The van der Waals surface area contributed by atoms with Crippen LogP contribution < -0.4 is 0 Å². The molecule has 0 bridgehead atoms. The fourth-order valence-electron chi connectivity index (χ4n) is 4.84. The Morgan fingerprint density at radius 2 is 2.00 bits per heavy atom. The summed E-state index contributed by atoms with van der Waals surface area (Å²) >= 11 is 0. The Morgan fingerprint density at radius 1 is 1.22 bits per heavy atom. The number of likely N-dealkylation sites (tertiary alicyclic amines) is 1. The van der Waals surface area contributed by atoms with Crippen molar-refractivity contribution in [2.45, 2.75) is 51.7 Å². The number of benzene rings is 1. The molecule has 0 spiro atoms. The van der Waals surface area contributed by atoms with Crippen LogP contribution in [0.3, 0.4) is 0 Å². The van der Waals surface area contributed by atoms with Gasteiger partial charge in [-0.05, 0) is 63.2 Å². The Labute approximate surface area is 190 Å². The van der Waals surface area contributed by atoms with Crippen LogP contribution in [0.2, 0.25) is 0 Å². The summed E-state index contributed by atoms with van der Waals surface area (Å²) in [5.41, 5.74) is 2.34. The number of carbonyl (C=O) groups excluding carboxylic acids is 1. The summed E-state index contributed by atoms with van der Waals surface area (Å²) in [5, 5.41) is 4.47. The van der Waals surface area contributed by atoms with Crippen molar-refractivity contribution < 1.29 is 13.9 Å². The third kappa shape index (κ3) is 5.56. The predicted molar refractivity (Wildman–Crippen MR) is 122 cm³/mol. The van der Waals surface area contributed by atoms with Crippen molar-refractivity contribution in [2.75, 3.05) is 32.8 Å². The van der Waals surface area contributed by atoms with E-state index in [9.17, 15) is 9.18 Å². The molecule has 3 heterocycles. The van der Waals surface area contributed by atoms with Gasteiger partial charge in [0, 0.05) is 38.9 Å². The maximum Gasteiger partial charge on any atom is 0.272 e. The number of piperidine rings is 1. The number of aromatic nitrogens is 2. The van der Waals surface area contributed by atoms with Gasteiger partial charge in [-0.2, -0.15) is 5.10 Å². The van der Waals surface area contributed by atoms with Crippen molar-refractivity contribution in [3.8, 4) is 0 Å². The van der Waals surface area contributed by atoms with E-state index in [-0.39, 0.29) is 17.8 Å². The van der Waals surface area contributed by atoms with Crippen LogP contribution in [0.4, 0.5) is 4.39 Å². The Morgan fingerprint density at radius 3 is 2.66 bits per heavy atom. The van der Waals surface area contributed by atoms with Gasteiger partial charge < -0.3 is 9.64 Å². The molecule has 2 aromatic rings. The van der Waals surface area contributed by atoms with E-state index in [0.717, 1.165) is 69.6 Å². The van der Waals surface area contributed by atoms with Crippen LogP contribution in [0.25, 0.3) is 0 Å². The lowest BCUT2D eigenvalue weighted by molar-refractivity contribution is 0.0436. The van der Waals surface area contributed by atoms with Crippen LogP contribution in [0.1, 0.15) is 54.4 Å². The largest absolute Gasteiger partial charge is 0.376 e. The second-order valence-electron chi connectivity index (χ2n) is 9.15. The number of aryl methyl sites for hydroxylation is 2. The molecular formula is C25H35FN4O2. The predicted octanol–water partition coefficient (Wildman–Crippen LogP) is 3.66. The van der Waals surface area contributed by atoms with E-state index >= 15 is 0 Å². The zero-order valence-electron chi connectivity index (χ0n) is 19.3. The second-order valence-corrected chi connectivity index (χ2v) is 9.15. The maximum atomic E-state index is 14.0. The first-order valence-electron chi connectivity index (χ1n) is 11.9. The molecule has 0 unspecified atom stereocenters. The Bertz CT molecular complexity index is 901. The smallest absolute Gasteiger partial charge is 0.272 e. The van der Waals surface area contributed by atoms with E-state index in [0.29, 0.717) is 24.7 Å². The molecule has 0 radical (unpaired) electrons. The molecule has 2 aliphatic heterocycles. The summed E-state index contributed by atoms with van der Waals surface area (Å²) in [6, 6.07) is 8.93. The first-order chi connectivity index (χ1) is 15.5. The number of halogens is 1. The van der Waals surface area contributed by atoms with Gasteiger partial charge in [-0.15, -0.1) is 0 Å². The molecule has 0 aliphatic carbocycles. The van der Waals surface area contributed by atoms with Gasteiger partial charge in [0.2, 0.25) is 0 Å². The van der Waals surface area contributed by atoms with Crippen LogP contribution in [0.15, 0.2) is 30.3 Å². The third-order valence-corrected chi connectivity index (χ3v) is 6.78. The van der Waals surface area contributed by atoms with Crippen LogP contribution in [0.5, 0.6) is 0 Å². The lowest BCUT2D eigenvalue weighted by Crippen LogP contribution is -2.44. The van der Waals surface area contributed by atoms with Crippen LogP contribution in [-0.4, -0.2) is 64.4 Å². The van der Waals surface area contributed by atoms with Crippen molar-refractivity contribution in [1.29, 1.82) is 0 Å². The summed E-state index contributed by atoms with van der Waals surface area (Å²) < 4.78 is 21.6. The van der Waals surface area contributed by atoms with Crippen LogP contribution >= 0.6 is 0 Å². The van der Waals surface area contributed by atoms with Gasteiger partial charge in [0.05, 0.1) is 11.8 Å². The monoisotopic (exact) mass is 442 g/mol. The van der Waals surface area contributed by atoms with Crippen molar-refractivity contribution in [1.82, 2.24) is 19.6 Å². The zero-order chi connectivity index (χ0) is 22.5. The van der Waals surface area contributed by atoms with Gasteiger partial charge in [-0.25, -0.2) is 4.39 Å². The highest BCUT2D eigenvalue weighted by molar-refractivity contribution is 5.92. The van der Waals surface area contributed by atoms with E-state index in [1.165, 1.54) is 6.07 Å². The molecule has 7 heteroatoms. The van der Waals surface area contributed by atoms with Gasteiger partial charge in [0.15, 0.2) is 0 Å². The SMILES string of the molecule is CCc1cc(C(=O)N(CC2CCN(Cc3ccccc3F)CC2)C[C@H]2CCCO2)n(C)n1. The number of nitrogens with zero attached hydrogens (tertiary/aromatic N) is 4. The quantitative estimate of drug-likeness (QED) is 0.626. The Balaban J connectivity index is 1.38. The second kappa shape index (κ2) is 10.6. The Kier molecular flexibility index (Phi) is 7.58. The average molecular weight is 443 g/mol. The topological polar surface area (TPSA) is 50.6 Å². The minimum absolute atomic E-state index is 0.0454. The third-order valence-electron chi connectivity index (χ3n) is 6.78. The van der Waals surface area contributed by atoms with Crippen molar-refractivity contribution >= 4 is 5.91 Å². The van der Waals surface area contributed by atoms with Crippen molar-refractivity contribution in [3.05, 3.63) is 53.1 Å². The van der Waals surface area contributed by atoms with Crippen LogP contribution in [0, 0.1) is 11.7 Å². The highest BCUT2D eigenvalue weighted by Crippen LogP contribution is 2.23. The number of rotatable bonds is 8. The average Bonchev–Trinajstić information content (AvgIpc) is 3.45. The molecule has 2 saturated heterocycles. The lowest BCUT2D eigenvalue weighted by Gasteiger charge is -2.35. The minimum Gasteiger partial charge on any atom is -0.376 e. The number of carbonyl (C=O) groups is 1. The lowest BCUT2D eigenvalue weighted by atomic mass is 9.95. The highest BCUT2D eigenvalue weighted by Gasteiger charge is 2.29. The molecule has 1 aromatic carbocycles. The van der Waals surface area contributed by atoms with Gasteiger partial charge >= 0.3 is 0 Å². The number of ether oxygens (including phenoxy) is 1. The van der Waals surface area contributed by atoms with Crippen molar-refractivity contribution in [2.24, 2.45) is 13.0 Å². The van der Waals surface area contributed by atoms with Gasteiger partial charge in [-0.3, -0.25) is 14.4 Å². The normalized spacial score (nSPS) is 20.0. The van der Waals surface area contributed by atoms with E-state index < -0.39 is 0 Å². The van der Waals surface area contributed by atoms with E-state index in [1.807, 2.05) is 30.1 Å². The molecule has 174 valence electrons. The van der Waals surface area contributed by atoms with Crippen molar-refractivity contribution in [3.63, 3.8) is 0 Å². The summed E-state index contributed by atoms with van der Waals surface area (Å²) in [4.78, 5) is 17.8. The molecule has 0 N–H and O–H groups in total. The molecule has 2 aliphatic rings. The molecule has 1 aromatic heterocycles. The van der Waals surface area contributed by atoms with Gasteiger partial charge in [0.1, 0.15) is 11.5 Å². The van der Waals surface area contributed by atoms with E-state index in [2.05, 4.69) is 16.9 Å². The molecule has 2 fully saturated rings. The summed E-state index contributed by atoms with van der Waals surface area (Å²) in [6.07, 6.45) is 5.03. The molecule has 6 nitrogen and oxygen atoms in total. The Hall–Kier alpha value is -2.25. The number of hydrogen-bond acceptors (Lipinski definition) is 4. The zero-order valence-corrected chi connectivity index (χ0v) is 19.3. The van der Waals surface area contributed by atoms with Gasteiger partial charge in [-0.1, -0.05) is 25.1 Å². The fraction of sp³-hybridized carbons (Fsp3) is 0.600. The molecule has 1 atom stereocenters. The molecule has 32 heavy (non-hydrogen) atoms. The first-order valence-corrected chi connectivity index (χ1v) is 11.9. The summed E-state index contributed by atoms with van der Waals surface area (Å²) in [5.74, 6) is 0.352. The fourth-order valence-corrected chi connectivity index (χ4v) is 4.84. The highest BCUT2D eigenvalue weighted by atomic mass is 19.1. The van der Waals surface area contributed by atoms with E-state index in [4.69, 9.17) is 4.74 Å². The molecule has 0 saturated carbocycles. The maximum absolute atomic E-state index is 14.0. The molecular weight excluding hydrogens is 407 g/mol. The van der Waals surface area contributed by atoms with Gasteiger partial charge in [0.25, 0.3) is 5.91 Å². The summed E-state index contributed by atoms with van der Waals surface area (Å²) in [7, 11) is 1.85. The molecule has 1 amide bonds. The van der Waals surface area contributed by atoms with E-state index in [1.54, 1.807) is 10.7 Å².